The average molecular weight is 474 g/mol. The van der Waals surface area contributed by atoms with E-state index in [1.54, 1.807) is 27.5 Å². The van der Waals surface area contributed by atoms with Gasteiger partial charge in [0.25, 0.3) is 5.91 Å². The summed E-state index contributed by atoms with van der Waals surface area (Å²) in [7, 11) is 0. The summed E-state index contributed by atoms with van der Waals surface area (Å²) in [6, 6.07) is 9.44. The molecule has 1 N–H and O–H groups in total. The van der Waals surface area contributed by atoms with Crippen molar-refractivity contribution in [2.45, 2.75) is 39.3 Å². The number of aromatic nitrogens is 3. The molecule has 2 aliphatic rings. The van der Waals surface area contributed by atoms with Crippen LogP contribution in [0.25, 0.3) is 16.4 Å². The Morgan fingerprint density at radius 3 is 2.89 bits per heavy atom. The first-order valence-corrected chi connectivity index (χ1v) is 11.9. The Kier molecular flexibility index (Phi) is 5.03. The van der Waals surface area contributed by atoms with Gasteiger partial charge in [0.2, 0.25) is 0 Å². The molecule has 2 fully saturated rings. The van der Waals surface area contributed by atoms with E-state index in [0.717, 1.165) is 34.1 Å². The Morgan fingerprint density at radius 1 is 1.23 bits per heavy atom. The molecule has 0 radical (unpaired) electrons. The highest BCUT2D eigenvalue weighted by Crippen LogP contribution is 2.35. The molecular formula is C26H27N5O4. The van der Waals surface area contributed by atoms with E-state index in [9.17, 15) is 9.59 Å². The number of hydrogen-bond acceptors (Lipinski definition) is 5. The van der Waals surface area contributed by atoms with Crippen molar-refractivity contribution >= 4 is 28.4 Å². The molecule has 0 bridgehead atoms. The van der Waals surface area contributed by atoms with Crippen LogP contribution in [-0.2, 0) is 4.74 Å². The van der Waals surface area contributed by atoms with Gasteiger partial charge in [0.1, 0.15) is 11.3 Å². The number of carbonyl (C=O) groups excluding carboxylic acids is 2. The molecule has 0 saturated carbocycles. The summed E-state index contributed by atoms with van der Waals surface area (Å²) in [6.07, 6.45) is 4.51. The van der Waals surface area contributed by atoms with Gasteiger partial charge in [0, 0.05) is 43.0 Å². The minimum atomic E-state index is -0.150. The van der Waals surface area contributed by atoms with Crippen LogP contribution in [0.1, 0.15) is 35.0 Å². The predicted molar refractivity (Wildman–Crippen MR) is 130 cm³/mol. The van der Waals surface area contributed by atoms with Gasteiger partial charge in [-0.25, -0.2) is 9.31 Å². The largest absolute Gasteiger partial charge is 0.455 e. The van der Waals surface area contributed by atoms with Crippen molar-refractivity contribution in [3.05, 3.63) is 59.5 Å². The molecule has 35 heavy (non-hydrogen) atoms. The number of benzene rings is 1. The van der Waals surface area contributed by atoms with E-state index in [-0.39, 0.29) is 24.1 Å². The third kappa shape index (κ3) is 3.37. The lowest BCUT2D eigenvalue weighted by molar-refractivity contribution is -0.0265. The zero-order valence-electron chi connectivity index (χ0n) is 19.9. The van der Waals surface area contributed by atoms with Crippen molar-refractivity contribution in [1.82, 2.24) is 24.4 Å². The number of amides is 2. The van der Waals surface area contributed by atoms with E-state index in [4.69, 9.17) is 9.47 Å². The summed E-state index contributed by atoms with van der Waals surface area (Å²) in [6.45, 7) is 7.64. The maximum Gasteiger partial charge on any atom is 0.326 e. The summed E-state index contributed by atoms with van der Waals surface area (Å²) in [4.78, 5) is 27.6. The number of nitrogens with zero attached hydrogens (tertiary/aromatic N) is 4. The van der Waals surface area contributed by atoms with Gasteiger partial charge >= 0.3 is 6.03 Å². The number of likely N-dealkylation sites (tertiary alicyclic amines) is 1. The first-order valence-electron chi connectivity index (χ1n) is 11.9. The van der Waals surface area contributed by atoms with Crippen molar-refractivity contribution in [1.29, 1.82) is 0 Å². The van der Waals surface area contributed by atoms with Crippen molar-refractivity contribution in [2.24, 2.45) is 0 Å². The van der Waals surface area contributed by atoms with Gasteiger partial charge in [0.15, 0.2) is 5.75 Å². The van der Waals surface area contributed by atoms with Gasteiger partial charge in [-0.15, -0.1) is 0 Å². The fraction of sp³-hybridized carbons (Fsp3) is 0.346. The first kappa shape index (κ1) is 21.7. The van der Waals surface area contributed by atoms with E-state index < -0.39 is 0 Å². The highest BCUT2D eigenvalue weighted by Gasteiger charge is 2.46. The van der Waals surface area contributed by atoms with Crippen LogP contribution >= 0.6 is 0 Å². The van der Waals surface area contributed by atoms with Crippen molar-refractivity contribution < 1.29 is 19.1 Å². The Bertz CT molecular complexity index is 1490. The Balaban J connectivity index is 1.32. The summed E-state index contributed by atoms with van der Waals surface area (Å²) < 4.78 is 15.3. The molecule has 9 nitrogen and oxygen atoms in total. The standard InChI is InChI=1S/C26H27N5O4/c1-4-27-26(33)31-15(2)11-17-12-18(5-6-20(17)31)35-22-7-9-28-30-13-19(16(3)24(22)30)25(32)29-14-23-21(29)8-10-34-23/h5-7,9,11-13,21,23H,4,8,10,14H2,1-3H3,(H,27,33)/t21-,23-/m1/s1. The molecule has 2 aliphatic heterocycles. The minimum Gasteiger partial charge on any atom is -0.455 e. The molecule has 0 unspecified atom stereocenters. The lowest BCUT2D eigenvalue weighted by Gasteiger charge is -2.42. The quantitative estimate of drug-likeness (QED) is 0.486. The number of carbonyl (C=O) groups is 2. The Labute approximate surface area is 202 Å². The highest BCUT2D eigenvalue weighted by atomic mass is 16.5. The SMILES string of the molecule is CCNC(=O)n1c(C)cc2cc(Oc3ccnn4cc(C(=O)N5C[C@H]6OCC[C@H]65)c(C)c34)ccc21. The number of rotatable bonds is 4. The topological polar surface area (TPSA) is 90.1 Å². The zero-order valence-corrected chi connectivity index (χ0v) is 19.9. The fourth-order valence-corrected chi connectivity index (χ4v) is 5.29. The molecule has 3 aromatic heterocycles. The lowest BCUT2D eigenvalue weighted by atomic mass is 9.97. The van der Waals surface area contributed by atoms with Gasteiger partial charge in [-0.1, -0.05) is 0 Å². The average Bonchev–Trinajstić information content (AvgIpc) is 3.46. The van der Waals surface area contributed by atoms with Crippen molar-refractivity contribution in [2.75, 3.05) is 19.7 Å². The molecule has 180 valence electrons. The van der Waals surface area contributed by atoms with Gasteiger partial charge in [-0.05, 0) is 57.0 Å². The second kappa shape index (κ2) is 8.13. The van der Waals surface area contributed by atoms with Crippen LogP contribution in [0, 0.1) is 13.8 Å². The van der Waals surface area contributed by atoms with Crippen LogP contribution in [0.15, 0.2) is 42.7 Å². The van der Waals surface area contributed by atoms with Crippen LogP contribution < -0.4 is 10.1 Å². The van der Waals surface area contributed by atoms with Gasteiger partial charge < -0.3 is 19.7 Å². The monoisotopic (exact) mass is 473 g/mol. The maximum atomic E-state index is 13.3. The molecule has 4 aromatic rings. The summed E-state index contributed by atoms with van der Waals surface area (Å²) in [5.41, 5.74) is 3.88. The van der Waals surface area contributed by atoms with Crippen LogP contribution in [0.3, 0.4) is 0 Å². The molecule has 5 heterocycles. The number of nitrogens with one attached hydrogen (secondary N) is 1. The third-order valence-corrected chi connectivity index (χ3v) is 7.05. The first-order chi connectivity index (χ1) is 17.0. The number of fused-ring (bicyclic) bond motifs is 3. The molecule has 2 amide bonds. The summed E-state index contributed by atoms with van der Waals surface area (Å²) >= 11 is 0. The Hall–Kier alpha value is -3.85. The summed E-state index contributed by atoms with van der Waals surface area (Å²) in [5.74, 6) is 1.26. The molecule has 2 atom stereocenters. The smallest absolute Gasteiger partial charge is 0.326 e. The van der Waals surface area contributed by atoms with E-state index in [0.29, 0.717) is 36.8 Å². The minimum absolute atomic E-state index is 0.00860. The fourth-order valence-electron chi connectivity index (χ4n) is 5.29. The molecule has 0 spiro atoms. The zero-order chi connectivity index (χ0) is 24.3. The summed E-state index contributed by atoms with van der Waals surface area (Å²) in [5, 5.41) is 8.17. The van der Waals surface area contributed by atoms with Crippen LogP contribution in [-0.4, -0.2) is 62.9 Å². The lowest BCUT2D eigenvalue weighted by Crippen LogP contribution is -2.59. The number of hydrogen-bond donors (Lipinski definition) is 1. The van der Waals surface area contributed by atoms with Gasteiger partial charge in [0.05, 0.1) is 29.4 Å². The molecule has 9 heteroatoms. The van der Waals surface area contributed by atoms with Gasteiger partial charge in [-0.3, -0.25) is 9.36 Å². The van der Waals surface area contributed by atoms with Crippen LogP contribution in [0.2, 0.25) is 0 Å². The van der Waals surface area contributed by atoms with Crippen LogP contribution in [0.5, 0.6) is 11.5 Å². The van der Waals surface area contributed by atoms with E-state index in [1.165, 1.54) is 0 Å². The molecule has 2 saturated heterocycles. The van der Waals surface area contributed by atoms with E-state index in [1.807, 2.05) is 49.9 Å². The van der Waals surface area contributed by atoms with Gasteiger partial charge in [-0.2, -0.15) is 5.10 Å². The van der Waals surface area contributed by atoms with E-state index >= 15 is 0 Å². The predicted octanol–water partition coefficient (Wildman–Crippen LogP) is 3.89. The number of aryl methyl sites for hydroxylation is 2. The molecule has 6 rings (SSSR count). The second-order valence-corrected chi connectivity index (χ2v) is 9.16. The normalized spacial score (nSPS) is 19.1. The third-order valence-electron chi connectivity index (χ3n) is 7.05. The molecular weight excluding hydrogens is 446 g/mol. The molecule has 0 aliphatic carbocycles. The molecule has 1 aromatic carbocycles. The highest BCUT2D eigenvalue weighted by molar-refractivity contribution is 5.99. The number of ether oxygens (including phenoxy) is 2. The maximum absolute atomic E-state index is 13.3. The second-order valence-electron chi connectivity index (χ2n) is 9.16. The van der Waals surface area contributed by atoms with Crippen molar-refractivity contribution in [3.63, 3.8) is 0 Å². The van der Waals surface area contributed by atoms with Crippen LogP contribution in [0.4, 0.5) is 4.79 Å². The van der Waals surface area contributed by atoms with Crippen molar-refractivity contribution in [3.8, 4) is 11.5 Å². The Morgan fingerprint density at radius 2 is 2.09 bits per heavy atom. The van der Waals surface area contributed by atoms with E-state index in [2.05, 4.69) is 10.4 Å².